The van der Waals surface area contributed by atoms with Gasteiger partial charge in [-0.1, -0.05) is 45.8 Å². The van der Waals surface area contributed by atoms with Crippen molar-refractivity contribution in [1.29, 1.82) is 0 Å². The van der Waals surface area contributed by atoms with E-state index < -0.39 is 0 Å². The highest BCUT2D eigenvalue weighted by Gasteiger charge is 2.09. The quantitative estimate of drug-likeness (QED) is 0.508. The molecule has 0 aliphatic heterocycles. The Kier molecular flexibility index (Phi) is 8.31. The monoisotopic (exact) mass is 314 g/mol. The van der Waals surface area contributed by atoms with Gasteiger partial charge in [-0.2, -0.15) is 0 Å². The second-order valence-corrected chi connectivity index (χ2v) is 5.16. The van der Waals surface area contributed by atoms with Gasteiger partial charge in [0.05, 0.1) is 0 Å². The molecule has 0 amide bonds. The van der Waals surface area contributed by atoms with Crippen molar-refractivity contribution in [2.75, 3.05) is 32.3 Å². The van der Waals surface area contributed by atoms with Gasteiger partial charge >= 0.3 is 0 Å². The van der Waals surface area contributed by atoms with Crippen LogP contribution < -0.4 is 0 Å². The Morgan fingerprint density at radius 2 is 2.06 bits per heavy atom. The van der Waals surface area contributed by atoms with Gasteiger partial charge in [0.2, 0.25) is 0 Å². The molecule has 1 unspecified atom stereocenters. The first kappa shape index (κ1) is 15.7. The predicted octanol–water partition coefficient (Wildman–Crippen LogP) is 3.92. The molecule has 0 fully saturated rings. The standard InChI is InChI=1S/C15H23BrO2/c1-13-5-3-6-14(11-13)15(12-16)7-10-18-9-4-8-17-2/h3,5-6,11,15H,4,7-10,12H2,1-2H3. The SMILES string of the molecule is COCCCOCCC(CBr)c1cccc(C)c1. The van der Waals surface area contributed by atoms with Gasteiger partial charge in [-0.05, 0) is 31.2 Å². The van der Waals surface area contributed by atoms with Crippen LogP contribution in [0.15, 0.2) is 24.3 Å². The Bertz CT molecular complexity index is 328. The molecular weight excluding hydrogens is 292 g/mol. The molecule has 3 heteroatoms. The van der Waals surface area contributed by atoms with Crippen LogP contribution in [0.1, 0.15) is 29.9 Å². The lowest BCUT2D eigenvalue weighted by atomic mass is 9.97. The van der Waals surface area contributed by atoms with E-state index in [1.54, 1.807) is 7.11 Å². The van der Waals surface area contributed by atoms with Gasteiger partial charge in [-0.3, -0.25) is 0 Å². The summed E-state index contributed by atoms with van der Waals surface area (Å²) in [6.07, 6.45) is 2.03. The first-order valence-electron chi connectivity index (χ1n) is 6.47. The van der Waals surface area contributed by atoms with Gasteiger partial charge in [-0.15, -0.1) is 0 Å². The van der Waals surface area contributed by atoms with Crippen molar-refractivity contribution in [2.45, 2.75) is 25.7 Å². The average Bonchev–Trinajstić information content (AvgIpc) is 2.38. The Hall–Kier alpha value is -0.380. The summed E-state index contributed by atoms with van der Waals surface area (Å²) < 4.78 is 10.6. The number of aryl methyl sites for hydroxylation is 1. The Balaban J connectivity index is 2.29. The number of ether oxygens (including phenoxy) is 2. The van der Waals surface area contributed by atoms with Gasteiger partial charge in [0.25, 0.3) is 0 Å². The predicted molar refractivity (Wildman–Crippen MR) is 79.6 cm³/mol. The summed E-state index contributed by atoms with van der Waals surface area (Å²) in [7, 11) is 1.72. The van der Waals surface area contributed by atoms with Crippen molar-refractivity contribution >= 4 is 15.9 Å². The van der Waals surface area contributed by atoms with Gasteiger partial charge in [-0.25, -0.2) is 0 Å². The Morgan fingerprint density at radius 1 is 1.22 bits per heavy atom. The van der Waals surface area contributed by atoms with Crippen LogP contribution in [0.3, 0.4) is 0 Å². The normalized spacial score (nSPS) is 12.6. The van der Waals surface area contributed by atoms with E-state index in [1.807, 2.05) is 0 Å². The van der Waals surface area contributed by atoms with Crippen LogP contribution in [0.5, 0.6) is 0 Å². The summed E-state index contributed by atoms with van der Waals surface area (Å²) in [6.45, 7) is 4.51. The van der Waals surface area contributed by atoms with Crippen LogP contribution in [-0.4, -0.2) is 32.3 Å². The second-order valence-electron chi connectivity index (χ2n) is 4.51. The molecule has 0 heterocycles. The fourth-order valence-corrected chi connectivity index (χ4v) is 2.59. The van der Waals surface area contributed by atoms with Crippen LogP contribution in [0.2, 0.25) is 0 Å². The zero-order valence-electron chi connectivity index (χ0n) is 11.3. The smallest absolute Gasteiger partial charge is 0.0487 e. The first-order valence-corrected chi connectivity index (χ1v) is 7.59. The number of benzene rings is 1. The highest BCUT2D eigenvalue weighted by atomic mass is 79.9. The van der Waals surface area contributed by atoms with Gasteiger partial charge in [0, 0.05) is 32.3 Å². The highest BCUT2D eigenvalue weighted by molar-refractivity contribution is 9.09. The molecule has 0 bridgehead atoms. The highest BCUT2D eigenvalue weighted by Crippen LogP contribution is 2.22. The Morgan fingerprint density at radius 3 is 2.72 bits per heavy atom. The van der Waals surface area contributed by atoms with Gasteiger partial charge in [0.1, 0.15) is 0 Å². The average molecular weight is 315 g/mol. The van der Waals surface area contributed by atoms with Gasteiger partial charge < -0.3 is 9.47 Å². The van der Waals surface area contributed by atoms with E-state index in [1.165, 1.54) is 11.1 Å². The van der Waals surface area contributed by atoms with Crippen LogP contribution in [-0.2, 0) is 9.47 Å². The molecule has 2 nitrogen and oxygen atoms in total. The molecule has 1 atom stereocenters. The lowest BCUT2D eigenvalue weighted by Gasteiger charge is -2.15. The van der Waals surface area contributed by atoms with E-state index in [0.717, 1.165) is 38.0 Å². The number of hydrogen-bond acceptors (Lipinski definition) is 2. The van der Waals surface area contributed by atoms with Crippen molar-refractivity contribution in [3.63, 3.8) is 0 Å². The molecule has 0 aliphatic rings. The third-order valence-electron chi connectivity index (χ3n) is 2.95. The summed E-state index contributed by atoms with van der Waals surface area (Å²) in [4.78, 5) is 0. The number of rotatable bonds is 9. The largest absolute Gasteiger partial charge is 0.385 e. The fourth-order valence-electron chi connectivity index (χ4n) is 1.89. The van der Waals surface area contributed by atoms with E-state index in [-0.39, 0.29) is 0 Å². The minimum Gasteiger partial charge on any atom is -0.385 e. The topological polar surface area (TPSA) is 18.5 Å². The molecule has 1 aromatic rings. The molecule has 1 aromatic carbocycles. The van der Waals surface area contributed by atoms with Crippen molar-refractivity contribution in [3.8, 4) is 0 Å². The second kappa shape index (κ2) is 9.54. The molecule has 0 aromatic heterocycles. The Labute approximate surface area is 119 Å². The maximum atomic E-state index is 5.62. The van der Waals surface area contributed by atoms with E-state index in [2.05, 4.69) is 47.1 Å². The van der Waals surface area contributed by atoms with E-state index in [9.17, 15) is 0 Å². The third-order valence-corrected chi connectivity index (χ3v) is 3.73. The number of hydrogen-bond donors (Lipinski definition) is 0. The zero-order chi connectivity index (χ0) is 13.2. The molecule has 0 radical (unpaired) electrons. The van der Waals surface area contributed by atoms with Crippen LogP contribution in [0, 0.1) is 6.92 Å². The lowest BCUT2D eigenvalue weighted by Crippen LogP contribution is -2.07. The molecular formula is C15H23BrO2. The maximum Gasteiger partial charge on any atom is 0.0487 e. The number of methoxy groups -OCH3 is 1. The van der Waals surface area contributed by atoms with Crippen molar-refractivity contribution < 1.29 is 9.47 Å². The summed E-state index contributed by atoms with van der Waals surface area (Å²) in [5, 5.41) is 0.984. The third kappa shape index (κ3) is 5.98. The zero-order valence-corrected chi connectivity index (χ0v) is 12.9. The molecule has 1 rings (SSSR count). The van der Waals surface area contributed by atoms with Crippen molar-refractivity contribution in [3.05, 3.63) is 35.4 Å². The molecule has 0 aliphatic carbocycles. The van der Waals surface area contributed by atoms with Gasteiger partial charge in [0.15, 0.2) is 0 Å². The van der Waals surface area contributed by atoms with Crippen LogP contribution in [0.4, 0.5) is 0 Å². The van der Waals surface area contributed by atoms with Crippen LogP contribution in [0.25, 0.3) is 0 Å². The van der Waals surface area contributed by atoms with Crippen molar-refractivity contribution in [1.82, 2.24) is 0 Å². The molecule has 102 valence electrons. The number of alkyl halides is 1. The minimum absolute atomic E-state index is 0.535. The van der Waals surface area contributed by atoms with Crippen LogP contribution >= 0.6 is 15.9 Å². The molecule has 0 saturated carbocycles. The van der Waals surface area contributed by atoms with E-state index in [0.29, 0.717) is 5.92 Å². The molecule has 18 heavy (non-hydrogen) atoms. The summed E-state index contributed by atoms with van der Waals surface area (Å²) in [6, 6.07) is 8.72. The summed E-state index contributed by atoms with van der Waals surface area (Å²) in [5.74, 6) is 0.535. The first-order chi connectivity index (χ1) is 8.77. The fraction of sp³-hybridized carbons (Fsp3) is 0.600. The lowest BCUT2D eigenvalue weighted by molar-refractivity contribution is 0.0991. The molecule has 0 N–H and O–H groups in total. The maximum absolute atomic E-state index is 5.62. The van der Waals surface area contributed by atoms with E-state index in [4.69, 9.17) is 9.47 Å². The summed E-state index contributed by atoms with van der Waals surface area (Å²) >= 11 is 3.60. The number of halogens is 1. The van der Waals surface area contributed by atoms with Crippen molar-refractivity contribution in [2.24, 2.45) is 0 Å². The van der Waals surface area contributed by atoms with E-state index >= 15 is 0 Å². The summed E-state index contributed by atoms with van der Waals surface area (Å²) in [5.41, 5.74) is 2.71. The molecule has 0 saturated heterocycles. The minimum atomic E-state index is 0.535. The molecule has 0 spiro atoms.